The Hall–Kier alpha value is -2.00. The van der Waals surface area contributed by atoms with Crippen molar-refractivity contribution >= 4 is 0 Å². The molecule has 106 valence electrons. The number of hydrogen-bond acceptors (Lipinski definition) is 3. The molecule has 0 spiro atoms. The van der Waals surface area contributed by atoms with Crippen LogP contribution in [0.25, 0.3) is 0 Å². The average Bonchev–Trinajstić information content (AvgIpc) is 2.53. The minimum absolute atomic E-state index is 0.574. The molecular formula is C17H20O3. The summed E-state index contributed by atoms with van der Waals surface area (Å²) in [6.07, 6.45) is 0.210. The van der Waals surface area contributed by atoms with E-state index in [9.17, 15) is 5.11 Å². The first-order valence-corrected chi connectivity index (χ1v) is 6.69. The highest BCUT2D eigenvalue weighted by atomic mass is 16.5. The van der Waals surface area contributed by atoms with Crippen molar-refractivity contribution in [2.45, 2.75) is 19.4 Å². The monoisotopic (exact) mass is 272 g/mol. The van der Waals surface area contributed by atoms with Crippen LogP contribution in [0.15, 0.2) is 42.5 Å². The Kier molecular flexibility index (Phi) is 4.64. The third-order valence-corrected chi connectivity index (χ3v) is 3.40. The van der Waals surface area contributed by atoms with Gasteiger partial charge in [-0.05, 0) is 23.6 Å². The summed E-state index contributed by atoms with van der Waals surface area (Å²) < 4.78 is 10.7. The molecule has 0 aromatic heterocycles. The van der Waals surface area contributed by atoms with Crippen LogP contribution in [0.1, 0.15) is 29.7 Å². The summed E-state index contributed by atoms with van der Waals surface area (Å²) in [5, 5.41) is 10.6. The van der Waals surface area contributed by atoms with Crippen LogP contribution in [-0.4, -0.2) is 19.3 Å². The zero-order valence-electron chi connectivity index (χ0n) is 12.1. The molecule has 2 aromatic rings. The highest BCUT2D eigenvalue weighted by molar-refractivity contribution is 5.50. The van der Waals surface area contributed by atoms with Gasteiger partial charge in [0.1, 0.15) is 6.10 Å². The molecule has 0 saturated carbocycles. The van der Waals surface area contributed by atoms with Crippen LogP contribution in [0.4, 0.5) is 0 Å². The fraction of sp³-hybridized carbons (Fsp3) is 0.294. The molecule has 1 unspecified atom stereocenters. The van der Waals surface area contributed by atoms with Gasteiger partial charge >= 0.3 is 0 Å². The first-order chi connectivity index (χ1) is 9.71. The lowest BCUT2D eigenvalue weighted by molar-refractivity contribution is 0.213. The normalized spacial score (nSPS) is 12.0. The molecule has 20 heavy (non-hydrogen) atoms. The third kappa shape index (κ3) is 2.78. The highest BCUT2D eigenvalue weighted by Crippen LogP contribution is 2.37. The SMILES string of the molecule is CCc1cccc(C(O)c2cccc(OC)c2OC)c1. The Morgan fingerprint density at radius 1 is 1.05 bits per heavy atom. The van der Waals surface area contributed by atoms with Gasteiger partial charge in [0, 0.05) is 5.56 Å². The van der Waals surface area contributed by atoms with Gasteiger partial charge < -0.3 is 14.6 Å². The Labute approximate surface area is 119 Å². The molecule has 1 N–H and O–H groups in total. The zero-order valence-corrected chi connectivity index (χ0v) is 12.1. The van der Waals surface area contributed by atoms with Crippen molar-refractivity contribution in [1.29, 1.82) is 0 Å². The predicted octanol–water partition coefficient (Wildman–Crippen LogP) is 3.35. The zero-order chi connectivity index (χ0) is 14.5. The van der Waals surface area contributed by atoms with E-state index in [1.807, 2.05) is 36.4 Å². The van der Waals surface area contributed by atoms with E-state index >= 15 is 0 Å². The van der Waals surface area contributed by atoms with Crippen molar-refractivity contribution in [3.63, 3.8) is 0 Å². The van der Waals surface area contributed by atoms with Crippen molar-refractivity contribution in [2.24, 2.45) is 0 Å². The number of benzene rings is 2. The van der Waals surface area contributed by atoms with E-state index in [2.05, 4.69) is 13.0 Å². The fourth-order valence-corrected chi connectivity index (χ4v) is 2.29. The van der Waals surface area contributed by atoms with Gasteiger partial charge in [-0.25, -0.2) is 0 Å². The molecule has 0 fully saturated rings. The Balaban J connectivity index is 2.44. The quantitative estimate of drug-likeness (QED) is 0.907. The van der Waals surface area contributed by atoms with E-state index < -0.39 is 6.10 Å². The van der Waals surface area contributed by atoms with E-state index in [-0.39, 0.29) is 0 Å². The molecule has 2 aromatic carbocycles. The van der Waals surface area contributed by atoms with Gasteiger partial charge in [0.25, 0.3) is 0 Å². The summed E-state index contributed by atoms with van der Waals surface area (Å²) in [5.74, 6) is 1.19. The van der Waals surface area contributed by atoms with Crippen LogP contribution in [0, 0.1) is 0 Å². The third-order valence-electron chi connectivity index (χ3n) is 3.40. The first-order valence-electron chi connectivity index (χ1n) is 6.69. The van der Waals surface area contributed by atoms with E-state index in [0.29, 0.717) is 17.1 Å². The second-order valence-corrected chi connectivity index (χ2v) is 4.58. The molecule has 0 radical (unpaired) electrons. The Morgan fingerprint density at radius 2 is 1.80 bits per heavy atom. The molecule has 1 atom stereocenters. The second-order valence-electron chi connectivity index (χ2n) is 4.58. The minimum atomic E-state index is -0.730. The number of ether oxygens (including phenoxy) is 2. The maximum Gasteiger partial charge on any atom is 0.166 e. The van der Waals surface area contributed by atoms with Gasteiger partial charge in [0.2, 0.25) is 0 Å². The average molecular weight is 272 g/mol. The van der Waals surface area contributed by atoms with Crippen LogP contribution in [0.5, 0.6) is 11.5 Å². The Morgan fingerprint density at radius 3 is 2.45 bits per heavy atom. The van der Waals surface area contributed by atoms with Gasteiger partial charge in [-0.3, -0.25) is 0 Å². The fourth-order valence-electron chi connectivity index (χ4n) is 2.29. The van der Waals surface area contributed by atoms with Gasteiger partial charge in [-0.2, -0.15) is 0 Å². The van der Waals surface area contributed by atoms with Crippen LogP contribution in [-0.2, 0) is 6.42 Å². The second kappa shape index (κ2) is 6.44. The predicted molar refractivity (Wildman–Crippen MR) is 79.4 cm³/mol. The topological polar surface area (TPSA) is 38.7 Å². The summed E-state index contributed by atoms with van der Waals surface area (Å²) in [6.45, 7) is 2.09. The smallest absolute Gasteiger partial charge is 0.166 e. The lowest BCUT2D eigenvalue weighted by Gasteiger charge is -2.17. The van der Waals surface area contributed by atoms with E-state index in [1.54, 1.807) is 14.2 Å². The molecular weight excluding hydrogens is 252 g/mol. The maximum atomic E-state index is 10.6. The Bertz CT molecular complexity index is 578. The number of aliphatic hydroxyl groups is 1. The highest BCUT2D eigenvalue weighted by Gasteiger charge is 2.18. The van der Waals surface area contributed by atoms with Crippen LogP contribution in [0.3, 0.4) is 0 Å². The van der Waals surface area contributed by atoms with Crippen LogP contribution >= 0.6 is 0 Å². The number of rotatable bonds is 5. The summed E-state index contributed by atoms with van der Waals surface area (Å²) in [5.41, 5.74) is 2.76. The summed E-state index contributed by atoms with van der Waals surface area (Å²) in [4.78, 5) is 0. The molecule has 3 nitrogen and oxygen atoms in total. The van der Waals surface area contributed by atoms with Gasteiger partial charge in [0.15, 0.2) is 11.5 Å². The van der Waals surface area contributed by atoms with Crippen molar-refractivity contribution in [2.75, 3.05) is 14.2 Å². The molecule has 0 aliphatic heterocycles. The van der Waals surface area contributed by atoms with Gasteiger partial charge in [-0.15, -0.1) is 0 Å². The van der Waals surface area contributed by atoms with Crippen molar-refractivity contribution in [3.05, 3.63) is 59.2 Å². The van der Waals surface area contributed by atoms with E-state index in [1.165, 1.54) is 5.56 Å². The van der Waals surface area contributed by atoms with Crippen molar-refractivity contribution in [1.82, 2.24) is 0 Å². The number of methoxy groups -OCH3 is 2. The molecule has 0 amide bonds. The number of aryl methyl sites for hydroxylation is 1. The number of aliphatic hydroxyl groups excluding tert-OH is 1. The van der Waals surface area contributed by atoms with Crippen molar-refractivity contribution < 1.29 is 14.6 Å². The molecule has 0 bridgehead atoms. The summed E-state index contributed by atoms with van der Waals surface area (Å²) in [7, 11) is 3.17. The van der Waals surface area contributed by atoms with E-state index in [4.69, 9.17) is 9.47 Å². The molecule has 0 aliphatic carbocycles. The number of hydrogen-bond donors (Lipinski definition) is 1. The molecule has 2 rings (SSSR count). The lowest BCUT2D eigenvalue weighted by Crippen LogP contribution is -2.04. The lowest BCUT2D eigenvalue weighted by atomic mass is 9.98. The maximum absolute atomic E-state index is 10.6. The van der Waals surface area contributed by atoms with Crippen molar-refractivity contribution in [3.8, 4) is 11.5 Å². The molecule has 0 saturated heterocycles. The number of para-hydroxylation sites is 1. The van der Waals surface area contributed by atoms with Gasteiger partial charge in [0.05, 0.1) is 14.2 Å². The standard InChI is InChI=1S/C17H20O3/c1-4-12-7-5-8-13(11-12)16(18)14-9-6-10-15(19-2)17(14)20-3/h5-11,16,18H,4H2,1-3H3. The van der Waals surface area contributed by atoms with Crippen LogP contribution < -0.4 is 9.47 Å². The van der Waals surface area contributed by atoms with Gasteiger partial charge in [-0.1, -0.05) is 43.3 Å². The molecule has 0 aliphatic rings. The largest absolute Gasteiger partial charge is 0.493 e. The molecule has 0 heterocycles. The summed E-state index contributed by atoms with van der Waals surface area (Å²) >= 11 is 0. The molecule has 3 heteroatoms. The van der Waals surface area contributed by atoms with Crippen LogP contribution in [0.2, 0.25) is 0 Å². The summed E-state index contributed by atoms with van der Waals surface area (Å²) in [6, 6.07) is 13.5. The van der Waals surface area contributed by atoms with E-state index in [0.717, 1.165) is 12.0 Å². The first kappa shape index (κ1) is 14.4. The minimum Gasteiger partial charge on any atom is -0.493 e.